The number of hydrogen-bond acceptors (Lipinski definition) is 8. The number of allylic oxidation sites excluding steroid dienone is 12. The van der Waals surface area contributed by atoms with Crippen LogP contribution in [0.2, 0.25) is 0 Å². The van der Waals surface area contributed by atoms with Gasteiger partial charge in [-0.3, -0.25) is 18.6 Å². The number of phosphoric ester groups is 1. The van der Waals surface area contributed by atoms with E-state index in [1.54, 1.807) is 0 Å². The van der Waals surface area contributed by atoms with E-state index in [0.717, 1.165) is 70.6 Å². The standard InChI is InChI=1S/C91H170NO8P/c1-3-5-7-9-11-13-15-17-19-21-23-25-27-29-31-33-35-37-39-41-43-44-46-48-50-52-54-56-58-60-62-64-66-68-70-72-74-76-78-80-82-84-91(94)100-89(88-99-101(95,96)98-86-85-92)87-97-90(93)83-81-79-77-75-73-71-69-67-65-63-61-59-57-55-53-51-49-47-45-42-40-38-36-34-32-30-28-26-24-22-20-18-16-14-12-10-8-6-4-2/h5,7,11,13,17,19,23,25,29,31,35,37,89H,3-4,6,8-10,12,14-16,18,20-22,24,26-28,30,32-34,36,38-88,92H2,1-2H3,(H,95,96)/b7-5-,13-11-,19-17-,25-23-,31-29-,37-35-. The normalized spacial score (nSPS) is 13.1. The number of nitrogens with two attached hydrogens (primary N) is 1. The molecule has 0 aliphatic carbocycles. The third-order valence-electron chi connectivity index (χ3n) is 20.1. The van der Waals surface area contributed by atoms with Gasteiger partial charge in [-0.2, -0.15) is 0 Å². The highest BCUT2D eigenvalue weighted by Gasteiger charge is 2.26. The quantitative estimate of drug-likeness (QED) is 0.0264. The molecule has 101 heavy (non-hydrogen) atoms. The molecule has 0 rings (SSSR count). The third-order valence-corrected chi connectivity index (χ3v) is 21.1. The molecule has 0 radical (unpaired) electrons. The van der Waals surface area contributed by atoms with Crippen LogP contribution in [0.4, 0.5) is 0 Å². The number of carbonyl (C=O) groups excluding carboxylic acids is 2. The number of carbonyl (C=O) groups is 2. The molecule has 0 aliphatic heterocycles. The van der Waals surface area contributed by atoms with Gasteiger partial charge in [0.2, 0.25) is 0 Å². The number of esters is 2. The van der Waals surface area contributed by atoms with Gasteiger partial charge in [0.05, 0.1) is 13.2 Å². The molecule has 0 aromatic carbocycles. The smallest absolute Gasteiger partial charge is 0.462 e. The Bertz CT molecular complexity index is 1890. The minimum absolute atomic E-state index is 0.0555. The Hall–Kier alpha value is -2.55. The first kappa shape index (κ1) is 98.5. The molecule has 0 saturated heterocycles. The van der Waals surface area contributed by atoms with Crippen LogP contribution < -0.4 is 5.73 Å². The van der Waals surface area contributed by atoms with E-state index in [9.17, 15) is 19.0 Å². The Morgan fingerprint density at radius 1 is 0.307 bits per heavy atom. The van der Waals surface area contributed by atoms with Crippen LogP contribution in [0, 0.1) is 0 Å². The highest BCUT2D eigenvalue weighted by molar-refractivity contribution is 7.47. The van der Waals surface area contributed by atoms with Crippen molar-refractivity contribution in [3.05, 3.63) is 72.9 Å². The van der Waals surface area contributed by atoms with Crippen LogP contribution in [0.25, 0.3) is 0 Å². The van der Waals surface area contributed by atoms with Crippen molar-refractivity contribution >= 4 is 19.8 Å². The van der Waals surface area contributed by atoms with Gasteiger partial charge in [-0.05, 0) is 64.2 Å². The van der Waals surface area contributed by atoms with Gasteiger partial charge in [-0.15, -0.1) is 0 Å². The Labute approximate surface area is 628 Å². The fraction of sp³-hybridized carbons (Fsp3) is 0.846. The van der Waals surface area contributed by atoms with E-state index >= 15 is 0 Å². The average Bonchev–Trinajstić information content (AvgIpc) is 1.04. The Morgan fingerprint density at radius 3 is 0.812 bits per heavy atom. The molecule has 0 amide bonds. The maximum Gasteiger partial charge on any atom is 0.472 e. The molecular formula is C91H170NO8P. The molecule has 0 saturated carbocycles. The van der Waals surface area contributed by atoms with Crippen molar-refractivity contribution in [2.75, 3.05) is 26.4 Å². The molecule has 592 valence electrons. The Kier molecular flexibility index (Phi) is 84.2. The topological polar surface area (TPSA) is 134 Å². The molecule has 9 nitrogen and oxygen atoms in total. The summed E-state index contributed by atoms with van der Waals surface area (Å²) in [5, 5.41) is 0. The summed E-state index contributed by atoms with van der Waals surface area (Å²) in [6.07, 6.45) is 117. The lowest BCUT2D eigenvalue weighted by Gasteiger charge is -2.19. The van der Waals surface area contributed by atoms with E-state index in [4.69, 9.17) is 24.3 Å². The van der Waals surface area contributed by atoms with Crippen molar-refractivity contribution in [1.82, 2.24) is 0 Å². The van der Waals surface area contributed by atoms with Gasteiger partial charge < -0.3 is 20.1 Å². The SMILES string of the molecule is CC/C=C\C/C=C\C/C=C\C/C=C\C/C=C\C/C=C\CCCCCCCCCCCCCCCCCCCCCCCCC(=O)OC(COC(=O)CCCCCCCCCCCCCCCCCCCCCCCCCCCCCCCCCCCCCCCCC)COP(=O)(O)OCCN. The van der Waals surface area contributed by atoms with Crippen LogP contribution in [-0.2, 0) is 32.7 Å². The van der Waals surface area contributed by atoms with E-state index in [-0.39, 0.29) is 38.6 Å². The Morgan fingerprint density at radius 2 is 0.545 bits per heavy atom. The molecule has 0 bridgehead atoms. The summed E-state index contributed by atoms with van der Waals surface area (Å²) in [4.78, 5) is 35.5. The van der Waals surface area contributed by atoms with E-state index in [0.29, 0.717) is 6.42 Å². The molecular weight excluding hydrogens is 1270 g/mol. The lowest BCUT2D eigenvalue weighted by atomic mass is 10.0. The lowest BCUT2D eigenvalue weighted by molar-refractivity contribution is -0.161. The van der Waals surface area contributed by atoms with E-state index in [2.05, 4.69) is 86.8 Å². The minimum atomic E-state index is -4.40. The van der Waals surface area contributed by atoms with E-state index in [1.807, 2.05) is 0 Å². The molecule has 2 atom stereocenters. The second-order valence-corrected chi connectivity index (χ2v) is 31.6. The predicted octanol–water partition coefficient (Wildman–Crippen LogP) is 30.2. The van der Waals surface area contributed by atoms with Crippen molar-refractivity contribution in [2.24, 2.45) is 5.73 Å². The summed E-state index contributed by atoms with van der Waals surface area (Å²) >= 11 is 0. The van der Waals surface area contributed by atoms with Crippen molar-refractivity contribution in [3.63, 3.8) is 0 Å². The molecule has 10 heteroatoms. The predicted molar refractivity (Wildman–Crippen MR) is 441 cm³/mol. The number of phosphoric acid groups is 1. The maximum atomic E-state index is 12.8. The fourth-order valence-electron chi connectivity index (χ4n) is 13.6. The monoisotopic (exact) mass is 1440 g/mol. The average molecular weight is 1440 g/mol. The molecule has 0 heterocycles. The highest BCUT2D eigenvalue weighted by Crippen LogP contribution is 2.43. The van der Waals surface area contributed by atoms with Crippen LogP contribution in [-0.4, -0.2) is 49.3 Å². The number of unbranched alkanes of at least 4 members (excludes halogenated alkanes) is 60. The second kappa shape index (κ2) is 86.4. The fourth-order valence-corrected chi connectivity index (χ4v) is 14.4. The largest absolute Gasteiger partial charge is 0.472 e. The number of rotatable bonds is 85. The van der Waals surface area contributed by atoms with Gasteiger partial charge in [0, 0.05) is 19.4 Å². The number of ether oxygens (including phenoxy) is 2. The first-order valence-corrected chi connectivity index (χ1v) is 45.9. The van der Waals surface area contributed by atoms with Gasteiger partial charge >= 0.3 is 19.8 Å². The summed E-state index contributed by atoms with van der Waals surface area (Å²) in [6, 6.07) is 0. The zero-order valence-corrected chi connectivity index (χ0v) is 68.1. The molecule has 0 aliphatic rings. The van der Waals surface area contributed by atoms with E-state index < -0.39 is 26.5 Å². The van der Waals surface area contributed by atoms with Crippen LogP contribution >= 0.6 is 7.82 Å². The molecule has 0 aromatic rings. The lowest BCUT2D eigenvalue weighted by Crippen LogP contribution is -2.29. The molecule has 0 spiro atoms. The van der Waals surface area contributed by atoms with Crippen LogP contribution in [0.1, 0.15) is 463 Å². The zero-order valence-electron chi connectivity index (χ0n) is 67.2. The second-order valence-electron chi connectivity index (χ2n) is 30.1. The maximum absolute atomic E-state index is 12.8. The molecule has 2 unspecified atom stereocenters. The molecule has 0 aromatic heterocycles. The molecule has 0 fully saturated rings. The van der Waals surface area contributed by atoms with Crippen molar-refractivity contribution in [1.29, 1.82) is 0 Å². The third kappa shape index (κ3) is 86.3. The van der Waals surface area contributed by atoms with Crippen LogP contribution in [0.3, 0.4) is 0 Å². The summed E-state index contributed by atoms with van der Waals surface area (Å²) < 4.78 is 33.3. The van der Waals surface area contributed by atoms with Crippen molar-refractivity contribution in [3.8, 4) is 0 Å². The summed E-state index contributed by atoms with van der Waals surface area (Å²) in [6.45, 7) is 3.72. The van der Waals surface area contributed by atoms with Gasteiger partial charge in [0.1, 0.15) is 6.61 Å². The first-order valence-electron chi connectivity index (χ1n) is 44.4. The number of hydrogen-bond donors (Lipinski definition) is 2. The van der Waals surface area contributed by atoms with Gasteiger partial charge in [-0.25, -0.2) is 4.57 Å². The summed E-state index contributed by atoms with van der Waals surface area (Å²) in [5.41, 5.74) is 5.43. The van der Waals surface area contributed by atoms with Crippen LogP contribution in [0.5, 0.6) is 0 Å². The zero-order chi connectivity index (χ0) is 72.9. The summed E-state index contributed by atoms with van der Waals surface area (Å²) in [5.74, 6) is -0.801. The first-order chi connectivity index (χ1) is 49.8. The Balaban J connectivity index is 3.71. The van der Waals surface area contributed by atoms with Crippen molar-refractivity contribution < 1.29 is 37.6 Å². The molecule has 3 N–H and O–H groups in total. The van der Waals surface area contributed by atoms with Crippen LogP contribution in [0.15, 0.2) is 72.9 Å². The van der Waals surface area contributed by atoms with Gasteiger partial charge in [0.25, 0.3) is 0 Å². The van der Waals surface area contributed by atoms with Gasteiger partial charge in [0.15, 0.2) is 6.10 Å². The highest BCUT2D eigenvalue weighted by atomic mass is 31.2. The van der Waals surface area contributed by atoms with E-state index in [1.165, 1.54) is 360 Å². The minimum Gasteiger partial charge on any atom is -0.462 e. The van der Waals surface area contributed by atoms with Crippen molar-refractivity contribution in [2.45, 2.75) is 469 Å². The van der Waals surface area contributed by atoms with Gasteiger partial charge in [-0.1, -0.05) is 459 Å². The summed E-state index contributed by atoms with van der Waals surface area (Å²) in [7, 11) is -4.40.